The van der Waals surface area contributed by atoms with Crippen LogP contribution < -0.4 is 16.4 Å². The summed E-state index contributed by atoms with van der Waals surface area (Å²) in [7, 11) is -6.89. The first kappa shape index (κ1) is 33.2. The molecule has 2 amide bonds. The Morgan fingerprint density at radius 3 is 1.77 bits per heavy atom. The molecule has 0 fully saturated rings. The minimum Gasteiger partial charge on any atom is -0.368 e. The summed E-state index contributed by atoms with van der Waals surface area (Å²) < 4.78 is 88.9. The number of nitrogens with one attached hydrogen (secondary N) is 2. The number of carbonyl (C=O) groups is 2. The van der Waals surface area contributed by atoms with Crippen LogP contribution in [0.25, 0.3) is 11.1 Å². The fraction of sp³-hybridized carbons (Fsp3) is 0.462. The summed E-state index contributed by atoms with van der Waals surface area (Å²) in [6.07, 6.45) is -3.12. The molecule has 0 unspecified atom stereocenters. The molecule has 0 heterocycles. The molecule has 40 heavy (non-hydrogen) atoms. The van der Waals surface area contributed by atoms with Gasteiger partial charge in [0.2, 0.25) is 11.8 Å². The van der Waals surface area contributed by atoms with E-state index in [0.29, 0.717) is 11.1 Å². The summed E-state index contributed by atoms with van der Waals surface area (Å²) in [4.78, 5) is 24.9. The zero-order valence-electron chi connectivity index (χ0n) is 22.5. The lowest BCUT2D eigenvalue weighted by molar-refractivity contribution is -0.161. The molecular formula is C26H34F3N3O6S2. The Kier molecular flexibility index (Phi) is 10.9. The van der Waals surface area contributed by atoms with Crippen LogP contribution >= 0.6 is 0 Å². The highest BCUT2D eigenvalue weighted by atomic mass is 32.2. The van der Waals surface area contributed by atoms with Crippen molar-refractivity contribution in [2.45, 2.75) is 55.9 Å². The van der Waals surface area contributed by atoms with Crippen LogP contribution in [0.3, 0.4) is 0 Å². The summed E-state index contributed by atoms with van der Waals surface area (Å²) in [5.74, 6) is -2.58. The molecule has 0 aliphatic heterocycles. The van der Waals surface area contributed by atoms with Gasteiger partial charge < -0.3 is 11.1 Å². The largest absolute Gasteiger partial charge is 0.407 e. The minimum absolute atomic E-state index is 0.0132. The van der Waals surface area contributed by atoms with Crippen LogP contribution in [0.1, 0.15) is 38.3 Å². The highest BCUT2D eigenvalue weighted by molar-refractivity contribution is 7.91. The van der Waals surface area contributed by atoms with E-state index in [0.717, 1.165) is 12.5 Å². The third-order valence-corrected chi connectivity index (χ3v) is 8.12. The number of alkyl halides is 3. The molecule has 2 aromatic carbocycles. The molecule has 9 nitrogen and oxygen atoms in total. The van der Waals surface area contributed by atoms with E-state index in [1.165, 1.54) is 36.4 Å². The Morgan fingerprint density at radius 1 is 0.875 bits per heavy atom. The quantitative estimate of drug-likeness (QED) is 0.318. The van der Waals surface area contributed by atoms with Crippen LogP contribution in [-0.4, -0.2) is 65.2 Å². The molecule has 4 N–H and O–H groups in total. The number of sulfone groups is 2. The Balaban J connectivity index is 2.32. The zero-order valence-corrected chi connectivity index (χ0v) is 24.2. The maximum absolute atomic E-state index is 14.2. The Hall–Kier alpha value is -2.97. The van der Waals surface area contributed by atoms with Crippen molar-refractivity contribution >= 4 is 31.5 Å². The van der Waals surface area contributed by atoms with Gasteiger partial charge in [0.1, 0.15) is 21.9 Å². The van der Waals surface area contributed by atoms with E-state index < -0.39 is 61.5 Å². The van der Waals surface area contributed by atoms with Gasteiger partial charge in [-0.2, -0.15) is 13.2 Å². The third kappa shape index (κ3) is 10.2. The van der Waals surface area contributed by atoms with Crippen molar-refractivity contribution in [3.8, 4) is 11.1 Å². The molecule has 2 aromatic rings. The average Bonchev–Trinajstić information content (AvgIpc) is 2.82. The van der Waals surface area contributed by atoms with Gasteiger partial charge >= 0.3 is 6.18 Å². The lowest BCUT2D eigenvalue weighted by Crippen LogP contribution is -2.54. The predicted octanol–water partition coefficient (Wildman–Crippen LogP) is 2.77. The van der Waals surface area contributed by atoms with E-state index in [-0.39, 0.29) is 29.2 Å². The number of hydrogen-bond acceptors (Lipinski definition) is 7. The third-order valence-electron chi connectivity index (χ3n) is 6.02. The molecule has 0 radical (unpaired) electrons. The second kappa shape index (κ2) is 13.1. The SMILES string of the molecule is CC(C)C[C@H](N[C@@H](c1ccc(-c2ccc(S(C)(=O)=O)cc2)cc1)C(F)(F)F)C(=O)N[C@@H](CCS(C)(=O)=O)C(N)=O. The molecule has 14 heteroatoms. The molecule has 0 bridgehead atoms. The highest BCUT2D eigenvalue weighted by Crippen LogP contribution is 2.35. The van der Waals surface area contributed by atoms with Crippen molar-refractivity contribution in [2.24, 2.45) is 11.7 Å². The summed E-state index contributed by atoms with van der Waals surface area (Å²) in [6.45, 7) is 3.42. The van der Waals surface area contributed by atoms with Gasteiger partial charge in [0.25, 0.3) is 0 Å². The van der Waals surface area contributed by atoms with Gasteiger partial charge in [-0.1, -0.05) is 50.2 Å². The monoisotopic (exact) mass is 605 g/mol. The molecular weight excluding hydrogens is 571 g/mol. The first-order chi connectivity index (χ1) is 18.3. The fourth-order valence-electron chi connectivity index (χ4n) is 3.96. The molecule has 3 atom stereocenters. The summed E-state index contributed by atoms with van der Waals surface area (Å²) in [5, 5.41) is 4.67. The highest BCUT2D eigenvalue weighted by Gasteiger charge is 2.43. The maximum atomic E-state index is 14.2. The van der Waals surface area contributed by atoms with Crippen LogP contribution in [0.15, 0.2) is 53.4 Å². The van der Waals surface area contributed by atoms with Crippen LogP contribution in [0, 0.1) is 5.92 Å². The van der Waals surface area contributed by atoms with Crippen LogP contribution in [0.2, 0.25) is 0 Å². The van der Waals surface area contributed by atoms with Crippen LogP contribution in [0.4, 0.5) is 13.2 Å². The maximum Gasteiger partial charge on any atom is 0.407 e. The first-order valence-electron chi connectivity index (χ1n) is 12.3. The van der Waals surface area contributed by atoms with E-state index in [1.807, 2.05) is 0 Å². The predicted molar refractivity (Wildman–Crippen MR) is 146 cm³/mol. The lowest BCUT2D eigenvalue weighted by Gasteiger charge is -2.29. The summed E-state index contributed by atoms with van der Waals surface area (Å²) >= 11 is 0. The smallest absolute Gasteiger partial charge is 0.368 e. The molecule has 0 aliphatic carbocycles. The number of rotatable bonds is 13. The normalized spacial score (nSPS) is 14.9. The van der Waals surface area contributed by atoms with Crippen molar-refractivity contribution in [1.29, 1.82) is 0 Å². The minimum atomic E-state index is -4.80. The van der Waals surface area contributed by atoms with E-state index in [9.17, 15) is 39.6 Å². The van der Waals surface area contributed by atoms with Gasteiger partial charge in [-0.15, -0.1) is 0 Å². The number of carbonyl (C=O) groups excluding carboxylic acids is 2. The van der Waals surface area contributed by atoms with Crippen molar-refractivity contribution in [1.82, 2.24) is 10.6 Å². The molecule has 0 spiro atoms. The van der Waals surface area contributed by atoms with E-state index in [2.05, 4.69) is 10.6 Å². The number of primary amides is 1. The van der Waals surface area contributed by atoms with Crippen molar-refractivity contribution < 1.29 is 39.6 Å². The van der Waals surface area contributed by atoms with Crippen molar-refractivity contribution in [3.05, 3.63) is 54.1 Å². The van der Waals surface area contributed by atoms with E-state index in [4.69, 9.17) is 5.73 Å². The summed E-state index contributed by atoms with van der Waals surface area (Å²) in [5.41, 5.74) is 6.27. The summed E-state index contributed by atoms with van der Waals surface area (Å²) in [6, 6.07) is 6.33. The molecule has 0 aromatic heterocycles. The Bertz CT molecular complexity index is 1390. The van der Waals surface area contributed by atoms with Gasteiger partial charge in [0, 0.05) is 12.5 Å². The molecule has 0 saturated heterocycles. The van der Waals surface area contributed by atoms with E-state index in [1.54, 1.807) is 26.0 Å². The molecule has 0 aliphatic rings. The topological polar surface area (TPSA) is 152 Å². The number of nitrogens with two attached hydrogens (primary N) is 1. The van der Waals surface area contributed by atoms with Crippen LogP contribution in [-0.2, 0) is 29.3 Å². The number of benzene rings is 2. The number of hydrogen-bond donors (Lipinski definition) is 3. The average molecular weight is 606 g/mol. The molecule has 2 rings (SSSR count). The standard InChI is InChI=1S/C26H34F3N3O6S2/c1-16(2)15-22(25(34)32-21(24(30)33)13-14-39(3,35)36)31-23(26(27,28)29)19-7-5-17(6-8-19)18-9-11-20(12-10-18)40(4,37)38/h5-12,16,21-23,31H,13-15H2,1-4H3,(H2,30,33)(H,32,34)/t21-,22-,23-/m0/s1. The van der Waals surface area contributed by atoms with Crippen LogP contribution in [0.5, 0.6) is 0 Å². The van der Waals surface area contributed by atoms with E-state index >= 15 is 0 Å². The Labute approximate surface area is 232 Å². The zero-order chi connectivity index (χ0) is 30.5. The van der Waals surface area contributed by atoms with Gasteiger partial charge in [0.05, 0.1) is 16.7 Å². The second-order valence-electron chi connectivity index (χ2n) is 10.1. The number of amides is 2. The molecule has 0 saturated carbocycles. The van der Waals surface area contributed by atoms with Crippen molar-refractivity contribution in [2.75, 3.05) is 18.3 Å². The van der Waals surface area contributed by atoms with Crippen molar-refractivity contribution in [3.63, 3.8) is 0 Å². The van der Waals surface area contributed by atoms with Gasteiger partial charge in [0.15, 0.2) is 9.84 Å². The fourth-order valence-corrected chi connectivity index (χ4v) is 5.25. The van der Waals surface area contributed by atoms with Gasteiger partial charge in [-0.25, -0.2) is 16.8 Å². The number of halogens is 3. The first-order valence-corrected chi connectivity index (χ1v) is 16.2. The lowest BCUT2D eigenvalue weighted by atomic mass is 9.97. The van der Waals surface area contributed by atoms with Gasteiger partial charge in [-0.05, 0) is 47.6 Å². The van der Waals surface area contributed by atoms with Gasteiger partial charge in [-0.3, -0.25) is 14.9 Å². The Morgan fingerprint density at radius 2 is 1.38 bits per heavy atom. The second-order valence-corrected chi connectivity index (χ2v) is 14.4. The molecule has 222 valence electrons.